The van der Waals surface area contributed by atoms with Crippen molar-refractivity contribution in [1.82, 2.24) is 5.32 Å². The van der Waals surface area contributed by atoms with Gasteiger partial charge in [-0.05, 0) is 66.6 Å². The van der Waals surface area contributed by atoms with Crippen LogP contribution in [0.1, 0.15) is 60.6 Å². The lowest BCUT2D eigenvalue weighted by Crippen LogP contribution is -3.00. The lowest BCUT2D eigenvalue weighted by Gasteiger charge is -2.29. The van der Waals surface area contributed by atoms with Gasteiger partial charge in [0.15, 0.2) is 11.8 Å². The molecule has 0 fully saturated rings. The van der Waals surface area contributed by atoms with E-state index in [0.717, 1.165) is 42.7 Å². The molecule has 0 bridgehead atoms. The van der Waals surface area contributed by atoms with Crippen LogP contribution in [0.15, 0.2) is 121 Å². The minimum Gasteiger partial charge on any atom is -1.00 e. The van der Waals surface area contributed by atoms with E-state index in [0.29, 0.717) is 32.1 Å². The summed E-state index contributed by atoms with van der Waals surface area (Å²) in [5.41, 5.74) is 4.74. The number of carboxylic acid groups (broad SMARTS) is 2. The van der Waals surface area contributed by atoms with Crippen LogP contribution in [0, 0.1) is 63.4 Å². The number of ether oxygens (including phenoxy) is 2. The molecular formula is C56H54BrCl6N7O20. The lowest BCUT2D eigenvalue weighted by molar-refractivity contribution is -0.407. The van der Waals surface area contributed by atoms with Crippen LogP contribution in [0.2, 0.25) is 25.1 Å². The fraction of sp³-hybridized carbons (Fsp3) is 0.250. The SMILES string of the molecule is CCOC(=O)C(Cc1ccc([N+](=O)[O-])cc1Cl)(NC(C)=O)C(C)=O.Cc1ccc([N+](=O)[O-])cc1Cl.O=C(CC(Cc1ccc([N+](=O)[O-])cc1Cl)C(=O)O)OCc1ccccc1.O=[N+]([O-])c1ccc(CBr)c(Cl)c1.[Cl-].[NH3+]C(Cc1ccc([N+](=O)[O-])cc1Cl)C(=O)O. The summed E-state index contributed by atoms with van der Waals surface area (Å²) in [7, 11) is 0. The molecule has 90 heavy (non-hydrogen) atoms. The fourth-order valence-electron chi connectivity index (χ4n) is 7.10. The number of nitro benzene ring substituents is 5. The van der Waals surface area contributed by atoms with Crippen molar-refractivity contribution < 1.29 is 91.2 Å². The maximum Gasteiger partial charge on any atom is 0.362 e. The quantitative estimate of drug-likeness (QED) is 0.0162. The van der Waals surface area contributed by atoms with Gasteiger partial charge in [0, 0.05) is 85.8 Å². The van der Waals surface area contributed by atoms with Crippen molar-refractivity contribution >= 4 is 138 Å². The molecule has 0 radical (unpaired) electrons. The molecule has 6 aromatic carbocycles. The number of esters is 2. The number of Topliss-reactive ketones (excluding diaryl/α,β-unsaturated/α-hetero) is 1. The van der Waals surface area contributed by atoms with E-state index in [4.69, 9.17) is 72.6 Å². The molecule has 0 heterocycles. The molecule has 482 valence electrons. The summed E-state index contributed by atoms with van der Waals surface area (Å²) >= 11 is 32.4. The largest absolute Gasteiger partial charge is 1.00 e. The number of aliphatic carboxylic acids is 2. The number of non-ortho nitro benzene ring substituents is 5. The highest BCUT2D eigenvalue weighted by Gasteiger charge is 2.46. The average molecular weight is 1440 g/mol. The van der Waals surface area contributed by atoms with E-state index in [1.54, 1.807) is 50.2 Å². The second kappa shape index (κ2) is 38.8. The van der Waals surface area contributed by atoms with Gasteiger partial charge in [0.1, 0.15) is 6.61 Å². The van der Waals surface area contributed by atoms with Gasteiger partial charge >= 0.3 is 23.9 Å². The summed E-state index contributed by atoms with van der Waals surface area (Å²) in [5, 5.41) is 74.5. The van der Waals surface area contributed by atoms with Crippen molar-refractivity contribution in [2.24, 2.45) is 5.92 Å². The summed E-state index contributed by atoms with van der Waals surface area (Å²) in [4.78, 5) is 120. The Balaban J connectivity index is 0.000000583. The van der Waals surface area contributed by atoms with Gasteiger partial charge in [-0.1, -0.05) is 129 Å². The second-order valence-corrected chi connectivity index (χ2v) is 20.9. The molecule has 6 N–H and O–H groups in total. The number of carbonyl (C=O) groups is 6. The average Bonchev–Trinajstić information content (AvgIpc) is 0.951. The van der Waals surface area contributed by atoms with E-state index in [9.17, 15) is 84.4 Å². The number of carboxylic acids is 2. The Kier molecular flexibility index (Phi) is 34.3. The van der Waals surface area contributed by atoms with Crippen molar-refractivity contribution in [3.63, 3.8) is 0 Å². The van der Waals surface area contributed by atoms with Crippen molar-refractivity contribution in [2.45, 2.75) is 76.9 Å². The molecule has 34 heteroatoms. The number of nitrogens with one attached hydrogen (secondary N) is 1. The number of alkyl halides is 1. The van der Waals surface area contributed by atoms with Gasteiger partial charge in [0.05, 0.1) is 68.7 Å². The van der Waals surface area contributed by atoms with Crippen LogP contribution >= 0.6 is 73.9 Å². The number of hydrogen-bond acceptors (Lipinski definition) is 18. The first-order chi connectivity index (χ1) is 41.7. The molecule has 3 atom stereocenters. The number of benzene rings is 6. The van der Waals surface area contributed by atoms with Gasteiger partial charge in [-0.25, -0.2) is 9.59 Å². The first kappa shape index (κ1) is 79.5. The van der Waals surface area contributed by atoms with Crippen LogP contribution < -0.4 is 23.5 Å². The van der Waals surface area contributed by atoms with E-state index >= 15 is 0 Å². The summed E-state index contributed by atoms with van der Waals surface area (Å²) in [6, 6.07) is 28.4. The first-order valence-corrected chi connectivity index (χ1v) is 28.3. The van der Waals surface area contributed by atoms with E-state index in [2.05, 4.69) is 27.0 Å². The molecule has 0 saturated carbocycles. The van der Waals surface area contributed by atoms with Crippen LogP contribution in [-0.4, -0.2) is 88.6 Å². The van der Waals surface area contributed by atoms with Gasteiger partial charge in [-0.2, -0.15) is 0 Å². The minimum absolute atomic E-state index is 0. The molecule has 0 aliphatic carbocycles. The minimum atomic E-state index is -1.94. The maximum atomic E-state index is 12.3. The van der Waals surface area contributed by atoms with Crippen LogP contribution in [0.5, 0.6) is 0 Å². The molecule has 6 rings (SSSR count). The number of carbonyl (C=O) groups excluding carboxylic acids is 4. The summed E-state index contributed by atoms with van der Waals surface area (Å²) in [6.45, 7) is 5.74. The zero-order valence-electron chi connectivity index (χ0n) is 47.5. The smallest absolute Gasteiger partial charge is 0.362 e. The van der Waals surface area contributed by atoms with Crippen molar-refractivity contribution in [3.05, 3.63) is 230 Å². The Morgan fingerprint density at radius 3 is 1.31 bits per heavy atom. The number of quaternary nitrogens is 1. The number of nitrogens with zero attached hydrogens (tertiary/aromatic N) is 5. The molecule has 0 aliphatic heterocycles. The van der Waals surface area contributed by atoms with Crippen LogP contribution in [-0.2, 0) is 69.4 Å². The molecular weight excluding hydrogens is 1380 g/mol. The molecule has 3 unspecified atom stereocenters. The molecule has 0 aliphatic rings. The highest BCUT2D eigenvalue weighted by Crippen LogP contribution is 2.30. The Morgan fingerprint density at radius 1 is 0.578 bits per heavy atom. The molecule has 0 saturated heterocycles. The molecule has 27 nitrogen and oxygen atoms in total. The van der Waals surface area contributed by atoms with Crippen molar-refractivity contribution in [1.29, 1.82) is 0 Å². The van der Waals surface area contributed by atoms with Gasteiger partial charge in [0.2, 0.25) is 11.4 Å². The highest BCUT2D eigenvalue weighted by molar-refractivity contribution is 9.08. The zero-order valence-corrected chi connectivity index (χ0v) is 53.6. The van der Waals surface area contributed by atoms with Crippen molar-refractivity contribution in [3.8, 4) is 0 Å². The van der Waals surface area contributed by atoms with Gasteiger partial charge < -0.3 is 43.1 Å². The lowest BCUT2D eigenvalue weighted by atomic mass is 9.86. The van der Waals surface area contributed by atoms with Gasteiger partial charge in [0.25, 0.3) is 28.4 Å². The van der Waals surface area contributed by atoms with E-state index in [1.807, 2.05) is 6.07 Å². The number of ketones is 1. The normalized spacial score (nSPS) is 11.4. The molecule has 6 aromatic rings. The topological polar surface area (TPSA) is 417 Å². The number of halogens is 7. The second-order valence-electron chi connectivity index (χ2n) is 18.3. The Bertz CT molecular complexity index is 3590. The Morgan fingerprint density at radius 2 is 0.967 bits per heavy atom. The molecule has 0 aromatic heterocycles. The zero-order chi connectivity index (χ0) is 67.5. The van der Waals surface area contributed by atoms with Gasteiger partial charge in [-0.15, -0.1) is 0 Å². The Labute approximate surface area is 551 Å². The number of hydrogen-bond donors (Lipinski definition) is 4. The third-order valence-electron chi connectivity index (χ3n) is 11.9. The summed E-state index contributed by atoms with van der Waals surface area (Å²) in [5.74, 6) is -6.04. The third kappa shape index (κ3) is 26.3. The summed E-state index contributed by atoms with van der Waals surface area (Å²) in [6.07, 6.45) is -0.494. The fourth-order valence-corrected chi connectivity index (χ4v) is 8.92. The number of nitro groups is 5. The monoisotopic (exact) mass is 1430 g/mol. The van der Waals surface area contributed by atoms with E-state index in [1.165, 1.54) is 66.7 Å². The van der Waals surface area contributed by atoms with Gasteiger partial charge in [-0.3, -0.25) is 69.7 Å². The maximum absolute atomic E-state index is 12.3. The van der Waals surface area contributed by atoms with Crippen LogP contribution in [0.4, 0.5) is 28.4 Å². The number of aryl methyl sites for hydroxylation is 1. The van der Waals surface area contributed by atoms with E-state index in [-0.39, 0.29) is 94.8 Å². The number of amides is 1. The highest BCUT2D eigenvalue weighted by atomic mass is 79.9. The van der Waals surface area contributed by atoms with Crippen LogP contribution in [0.3, 0.4) is 0 Å². The molecule has 1 amide bonds. The standard InChI is InChI=1S/C18H16ClNO6.C15H17ClN2O6.C9H9ClN2O4.C7H5BrClNO2.C7H6ClNO2.ClH/c19-16-10-15(20(24)25)7-6-13(16)8-14(18(22)23)9-17(21)26-11-12-4-2-1-3-5-12;1-4-24-14(21)15(9(2)19,17-10(3)20)8-11-5-6-12(18(22)23)7-13(11)16;10-7-4-6(12(15)16)2-1-5(7)3-8(11)9(13)14;8-4-5-1-2-6(10(11)12)3-7(5)9;1-5-2-3-6(9(10)11)4-7(5)8;/h1-7,10,14H,8-9,11H2,(H,22,23);5-7H,4,8H2,1-3H3,(H,17,20);1-2,4,8H,3,11H2,(H,13,14);1-3H,4H2;2-4H,1H3;1H. The first-order valence-electron chi connectivity index (χ1n) is 25.3. The predicted molar refractivity (Wildman–Crippen MR) is 329 cm³/mol. The van der Waals surface area contributed by atoms with Crippen molar-refractivity contribution in [2.75, 3.05) is 6.61 Å². The Hall–Kier alpha value is -8.48. The van der Waals surface area contributed by atoms with Crippen LogP contribution in [0.25, 0.3) is 0 Å². The molecule has 0 spiro atoms. The summed E-state index contributed by atoms with van der Waals surface area (Å²) < 4.78 is 10.0. The predicted octanol–water partition coefficient (Wildman–Crippen LogP) is 8.63. The van der Waals surface area contributed by atoms with E-state index < -0.39 is 77.7 Å². The number of rotatable bonds is 22. The third-order valence-corrected chi connectivity index (χ3v) is 14.3.